The van der Waals surface area contributed by atoms with E-state index < -0.39 is 28.3 Å². The zero-order chi connectivity index (χ0) is 27.5. The first kappa shape index (κ1) is 29.9. The number of hydrogen-bond donors (Lipinski definition) is 2. The number of aliphatic hydroxyl groups is 1. The van der Waals surface area contributed by atoms with Gasteiger partial charge in [0.2, 0.25) is 10.0 Å². The quantitative estimate of drug-likeness (QED) is 0.372. The number of benzene rings is 2. The van der Waals surface area contributed by atoms with Gasteiger partial charge in [-0.3, -0.25) is 0 Å². The van der Waals surface area contributed by atoms with Crippen LogP contribution in [-0.2, 0) is 21.2 Å². The smallest absolute Gasteiger partial charge is 0.407 e. The highest BCUT2D eigenvalue weighted by atomic mass is 32.2. The van der Waals surface area contributed by atoms with E-state index in [-0.39, 0.29) is 30.0 Å². The summed E-state index contributed by atoms with van der Waals surface area (Å²) >= 11 is 0. The van der Waals surface area contributed by atoms with Gasteiger partial charge < -0.3 is 19.9 Å². The van der Waals surface area contributed by atoms with Crippen LogP contribution in [0.25, 0.3) is 0 Å². The largest absolute Gasteiger partial charge is 0.497 e. The monoisotopic (exact) mass is 546 g/mol. The lowest BCUT2D eigenvalue weighted by Gasteiger charge is -2.31. The third kappa shape index (κ3) is 8.99. The van der Waals surface area contributed by atoms with Crippen molar-refractivity contribution in [3.63, 3.8) is 0 Å². The molecule has 1 aliphatic carbocycles. The Morgan fingerprint density at radius 3 is 2.21 bits per heavy atom. The average Bonchev–Trinajstić information content (AvgIpc) is 3.16. The highest BCUT2D eigenvalue weighted by Crippen LogP contribution is 2.23. The molecule has 1 fully saturated rings. The Kier molecular flexibility index (Phi) is 11.4. The minimum absolute atomic E-state index is 0.0240. The summed E-state index contributed by atoms with van der Waals surface area (Å²) in [6.45, 7) is 3.89. The Balaban J connectivity index is 1.79. The number of carbonyl (C=O) groups is 1. The first-order valence-corrected chi connectivity index (χ1v) is 15.0. The van der Waals surface area contributed by atoms with Crippen molar-refractivity contribution in [1.29, 1.82) is 0 Å². The zero-order valence-electron chi connectivity index (χ0n) is 22.7. The number of aliphatic hydroxyl groups excluding tert-OH is 1. The second-order valence-electron chi connectivity index (χ2n) is 10.4. The minimum Gasteiger partial charge on any atom is -0.497 e. The Bertz CT molecular complexity index is 1080. The number of carbonyl (C=O) groups excluding carboxylic acids is 1. The van der Waals surface area contributed by atoms with E-state index in [0.717, 1.165) is 44.1 Å². The molecule has 3 rings (SSSR count). The Morgan fingerprint density at radius 1 is 1.00 bits per heavy atom. The molecule has 2 aromatic carbocycles. The van der Waals surface area contributed by atoms with Crippen LogP contribution in [0, 0.1) is 5.92 Å². The van der Waals surface area contributed by atoms with Crippen molar-refractivity contribution in [2.75, 3.05) is 20.2 Å². The highest BCUT2D eigenvalue weighted by molar-refractivity contribution is 7.89. The molecular weight excluding hydrogens is 504 g/mol. The van der Waals surface area contributed by atoms with E-state index in [0.29, 0.717) is 12.2 Å². The Hall–Kier alpha value is -2.62. The number of sulfonamides is 1. The first-order valence-electron chi connectivity index (χ1n) is 13.5. The fraction of sp³-hybridized carbons (Fsp3) is 0.552. The molecule has 210 valence electrons. The van der Waals surface area contributed by atoms with Crippen LogP contribution in [0.3, 0.4) is 0 Å². The maximum absolute atomic E-state index is 13.6. The van der Waals surface area contributed by atoms with E-state index in [1.165, 1.54) is 23.5 Å². The van der Waals surface area contributed by atoms with Gasteiger partial charge in [0.05, 0.1) is 24.2 Å². The summed E-state index contributed by atoms with van der Waals surface area (Å²) in [7, 11) is -2.38. The third-order valence-corrected chi connectivity index (χ3v) is 8.64. The van der Waals surface area contributed by atoms with E-state index in [1.807, 2.05) is 44.2 Å². The molecule has 0 saturated heterocycles. The van der Waals surface area contributed by atoms with E-state index in [4.69, 9.17) is 9.47 Å². The van der Waals surface area contributed by atoms with E-state index in [9.17, 15) is 18.3 Å². The molecule has 0 aliphatic heterocycles. The number of nitrogens with zero attached hydrogens (tertiary/aromatic N) is 1. The van der Waals surface area contributed by atoms with Gasteiger partial charge in [-0.05, 0) is 67.9 Å². The molecule has 8 nitrogen and oxygen atoms in total. The van der Waals surface area contributed by atoms with Gasteiger partial charge in [-0.15, -0.1) is 0 Å². The molecule has 0 heterocycles. The lowest BCUT2D eigenvalue weighted by atomic mass is 10.0. The standard InChI is InChI=1S/C29H42N2O6S/c1-22(2)20-31(38(34,35)26-17-15-24(36-3)16-18-26)21-28(32)27(19-23-11-7-6-8-12-23)30-29(33)37-25-13-9-4-5-10-14-25/h6-8,11-12,15-18,22,25,27-28,32H,4-5,9-10,13-14,19-21H2,1-3H3,(H,30,33)/t27-,28+/m0/s1. The Morgan fingerprint density at radius 2 is 1.63 bits per heavy atom. The first-order chi connectivity index (χ1) is 18.2. The summed E-state index contributed by atoms with van der Waals surface area (Å²) in [5.41, 5.74) is 0.916. The molecular formula is C29H42N2O6S. The second kappa shape index (κ2) is 14.5. The highest BCUT2D eigenvalue weighted by Gasteiger charge is 2.32. The fourth-order valence-corrected chi connectivity index (χ4v) is 6.38. The van der Waals surface area contributed by atoms with Gasteiger partial charge in [-0.25, -0.2) is 13.2 Å². The number of methoxy groups -OCH3 is 1. The molecule has 2 atom stereocenters. The van der Waals surface area contributed by atoms with Crippen molar-refractivity contribution in [3.05, 3.63) is 60.2 Å². The maximum Gasteiger partial charge on any atom is 0.407 e. The molecule has 1 aliphatic rings. The molecule has 0 radical (unpaired) electrons. The molecule has 0 bridgehead atoms. The topological polar surface area (TPSA) is 105 Å². The molecule has 0 aromatic heterocycles. The molecule has 0 unspecified atom stereocenters. The maximum atomic E-state index is 13.6. The van der Waals surface area contributed by atoms with Gasteiger partial charge in [0, 0.05) is 13.1 Å². The summed E-state index contributed by atoms with van der Waals surface area (Å²) in [5, 5.41) is 14.2. The van der Waals surface area contributed by atoms with Crippen molar-refractivity contribution >= 4 is 16.1 Å². The summed E-state index contributed by atoms with van der Waals surface area (Å²) in [6.07, 6.45) is 4.47. The van der Waals surface area contributed by atoms with Gasteiger partial charge >= 0.3 is 6.09 Å². The molecule has 2 N–H and O–H groups in total. The summed E-state index contributed by atoms with van der Waals surface area (Å²) < 4.78 is 39.3. The van der Waals surface area contributed by atoms with Gasteiger partial charge in [-0.2, -0.15) is 4.31 Å². The van der Waals surface area contributed by atoms with Gasteiger partial charge in [-0.1, -0.05) is 57.0 Å². The number of rotatable bonds is 12. The summed E-state index contributed by atoms with van der Waals surface area (Å²) in [5.74, 6) is 0.578. The van der Waals surface area contributed by atoms with Crippen LogP contribution in [0.4, 0.5) is 4.79 Å². The molecule has 1 saturated carbocycles. The number of ether oxygens (including phenoxy) is 2. The predicted molar refractivity (Wildman–Crippen MR) is 148 cm³/mol. The van der Waals surface area contributed by atoms with Crippen LogP contribution in [0.1, 0.15) is 57.9 Å². The Labute approximate surface area is 227 Å². The van der Waals surface area contributed by atoms with Crippen LogP contribution < -0.4 is 10.1 Å². The normalized spacial score (nSPS) is 16.6. The number of alkyl carbamates (subject to hydrolysis) is 1. The van der Waals surface area contributed by atoms with Crippen LogP contribution in [0.5, 0.6) is 5.75 Å². The van der Waals surface area contributed by atoms with E-state index in [1.54, 1.807) is 12.1 Å². The molecule has 1 amide bonds. The molecule has 0 spiro atoms. The SMILES string of the molecule is COc1ccc(S(=O)(=O)N(CC(C)C)C[C@@H](O)[C@H](Cc2ccccc2)NC(=O)OC2CCCCCC2)cc1. The second-order valence-corrected chi connectivity index (χ2v) is 12.4. The summed E-state index contributed by atoms with van der Waals surface area (Å²) in [4.78, 5) is 13.0. The van der Waals surface area contributed by atoms with Crippen molar-refractivity contribution in [2.24, 2.45) is 5.92 Å². The van der Waals surface area contributed by atoms with E-state index >= 15 is 0 Å². The number of hydrogen-bond acceptors (Lipinski definition) is 6. The molecule has 2 aromatic rings. The van der Waals surface area contributed by atoms with Crippen LogP contribution in [0.15, 0.2) is 59.5 Å². The lowest BCUT2D eigenvalue weighted by molar-refractivity contribution is 0.0661. The van der Waals surface area contributed by atoms with Crippen molar-refractivity contribution in [3.8, 4) is 5.75 Å². The van der Waals surface area contributed by atoms with E-state index in [2.05, 4.69) is 5.32 Å². The van der Waals surface area contributed by atoms with Crippen molar-refractivity contribution < 1.29 is 27.8 Å². The lowest BCUT2D eigenvalue weighted by Crippen LogP contribution is -2.51. The predicted octanol–water partition coefficient (Wildman–Crippen LogP) is 4.76. The third-order valence-electron chi connectivity index (χ3n) is 6.80. The van der Waals surface area contributed by atoms with Crippen molar-refractivity contribution in [2.45, 2.75) is 81.9 Å². The van der Waals surface area contributed by atoms with Crippen LogP contribution >= 0.6 is 0 Å². The summed E-state index contributed by atoms with van der Waals surface area (Å²) in [6, 6.07) is 15.0. The zero-order valence-corrected chi connectivity index (χ0v) is 23.5. The van der Waals surface area contributed by atoms with Crippen LogP contribution in [-0.4, -0.2) is 62.4 Å². The number of nitrogens with one attached hydrogen (secondary N) is 1. The molecule has 9 heteroatoms. The fourth-order valence-electron chi connectivity index (χ4n) is 4.76. The number of amides is 1. The minimum atomic E-state index is -3.90. The average molecular weight is 547 g/mol. The van der Waals surface area contributed by atoms with Gasteiger partial charge in [0.1, 0.15) is 11.9 Å². The van der Waals surface area contributed by atoms with Gasteiger partial charge in [0.15, 0.2) is 0 Å². The van der Waals surface area contributed by atoms with Crippen molar-refractivity contribution in [1.82, 2.24) is 9.62 Å². The van der Waals surface area contributed by atoms with Crippen LogP contribution in [0.2, 0.25) is 0 Å². The molecule has 38 heavy (non-hydrogen) atoms. The van der Waals surface area contributed by atoms with Gasteiger partial charge in [0.25, 0.3) is 0 Å².